The number of halogens is 1. The molecule has 1 aromatic carbocycles. The molecule has 0 aliphatic carbocycles. The van der Waals surface area contributed by atoms with E-state index in [1.54, 1.807) is 6.07 Å². The lowest BCUT2D eigenvalue weighted by Gasteiger charge is -2.29. The monoisotopic (exact) mass is 311 g/mol. The molecule has 2 aromatic rings. The second-order valence-corrected chi connectivity index (χ2v) is 4.64. The summed E-state index contributed by atoms with van der Waals surface area (Å²) in [6, 6.07) is 7.64. The van der Waals surface area contributed by atoms with Gasteiger partial charge in [0.25, 0.3) is 0 Å². The fourth-order valence-electron chi connectivity index (χ4n) is 2.35. The number of nitrogens with one attached hydrogen (secondary N) is 1. The summed E-state index contributed by atoms with van der Waals surface area (Å²) >= 11 is 0. The number of carboxylic acid groups (broad SMARTS) is 1. The summed E-state index contributed by atoms with van der Waals surface area (Å²) in [6.45, 7) is 3.95. The number of fused-ring (bicyclic) bond motifs is 1. The average Bonchev–Trinajstić information content (AvgIpc) is 2.47. The normalized spacial score (nSPS) is 14.2. The van der Waals surface area contributed by atoms with Crippen molar-refractivity contribution in [2.45, 2.75) is 0 Å². The Hall–Kier alpha value is -1.89. The van der Waals surface area contributed by atoms with Crippen molar-refractivity contribution < 1.29 is 15.4 Å². The van der Waals surface area contributed by atoms with E-state index in [2.05, 4.69) is 15.2 Å². The van der Waals surface area contributed by atoms with Crippen molar-refractivity contribution >= 4 is 35.0 Å². The third-order valence-corrected chi connectivity index (χ3v) is 3.40. The summed E-state index contributed by atoms with van der Waals surface area (Å²) < 4.78 is 0. The molecule has 4 N–H and O–H groups in total. The zero-order valence-electron chi connectivity index (χ0n) is 11.4. The number of anilines is 1. The predicted molar refractivity (Wildman–Crippen MR) is 84.6 cm³/mol. The van der Waals surface area contributed by atoms with Crippen molar-refractivity contribution in [1.29, 1.82) is 0 Å². The minimum absolute atomic E-state index is 0. The number of hydrogen-bond donors (Lipinski definition) is 2. The van der Waals surface area contributed by atoms with E-state index in [0.29, 0.717) is 0 Å². The Morgan fingerprint density at radius 2 is 1.95 bits per heavy atom. The number of pyridine rings is 1. The molecule has 1 fully saturated rings. The van der Waals surface area contributed by atoms with Crippen molar-refractivity contribution in [2.24, 2.45) is 0 Å². The molecule has 1 aliphatic heterocycles. The zero-order chi connectivity index (χ0) is 13.2. The first-order valence-corrected chi connectivity index (χ1v) is 6.33. The van der Waals surface area contributed by atoms with Crippen LogP contribution >= 0.6 is 12.4 Å². The van der Waals surface area contributed by atoms with Crippen molar-refractivity contribution in [3.8, 4) is 0 Å². The smallest absolute Gasteiger partial charge is 0.337 e. The van der Waals surface area contributed by atoms with E-state index in [4.69, 9.17) is 5.11 Å². The van der Waals surface area contributed by atoms with Crippen molar-refractivity contribution in [3.63, 3.8) is 0 Å². The molecule has 0 amide bonds. The van der Waals surface area contributed by atoms with Gasteiger partial charge in [-0.3, -0.25) is 4.98 Å². The second kappa shape index (κ2) is 7.21. The van der Waals surface area contributed by atoms with Gasteiger partial charge in [-0.15, -0.1) is 12.4 Å². The molecule has 7 heteroatoms. The van der Waals surface area contributed by atoms with Gasteiger partial charge in [0.1, 0.15) is 0 Å². The molecular formula is C14H18ClN3O3. The molecule has 114 valence electrons. The molecule has 0 spiro atoms. The van der Waals surface area contributed by atoms with Gasteiger partial charge in [0.15, 0.2) is 0 Å². The van der Waals surface area contributed by atoms with E-state index in [-0.39, 0.29) is 23.4 Å². The van der Waals surface area contributed by atoms with E-state index in [9.17, 15) is 4.79 Å². The molecular weight excluding hydrogens is 294 g/mol. The van der Waals surface area contributed by atoms with Crippen molar-refractivity contribution in [3.05, 3.63) is 36.0 Å². The summed E-state index contributed by atoms with van der Waals surface area (Å²) in [6.07, 6.45) is 1.41. The summed E-state index contributed by atoms with van der Waals surface area (Å²) in [5.41, 5.74) is 2.20. The highest BCUT2D eigenvalue weighted by Crippen LogP contribution is 2.21. The first-order chi connectivity index (χ1) is 9.24. The number of hydrogen-bond acceptors (Lipinski definition) is 4. The van der Waals surface area contributed by atoms with Gasteiger partial charge in [-0.05, 0) is 18.2 Å². The molecule has 6 nitrogen and oxygen atoms in total. The molecule has 0 bridgehead atoms. The molecule has 3 rings (SSSR count). The maximum Gasteiger partial charge on any atom is 0.337 e. The highest BCUT2D eigenvalue weighted by molar-refractivity contribution is 5.93. The van der Waals surface area contributed by atoms with Crippen LogP contribution in [0.25, 0.3) is 10.9 Å². The first kappa shape index (κ1) is 17.2. The van der Waals surface area contributed by atoms with E-state index < -0.39 is 5.97 Å². The summed E-state index contributed by atoms with van der Waals surface area (Å²) in [4.78, 5) is 17.4. The van der Waals surface area contributed by atoms with Crippen LogP contribution in [0.5, 0.6) is 0 Å². The average molecular weight is 312 g/mol. The molecule has 0 unspecified atom stereocenters. The predicted octanol–water partition coefficient (Wildman–Crippen LogP) is 0.940. The van der Waals surface area contributed by atoms with Crippen LogP contribution in [-0.2, 0) is 0 Å². The van der Waals surface area contributed by atoms with E-state index in [0.717, 1.165) is 42.8 Å². The molecule has 2 heterocycles. The Balaban J connectivity index is 0.00000110. The SMILES string of the molecule is Cl.O.O=C(O)c1cnc2cc(N3CCNCC3)ccc2c1. The van der Waals surface area contributed by atoms with Crippen LogP contribution in [0.2, 0.25) is 0 Å². The molecule has 0 radical (unpaired) electrons. The third kappa shape index (κ3) is 3.60. The largest absolute Gasteiger partial charge is 0.478 e. The number of aromatic nitrogens is 1. The molecule has 21 heavy (non-hydrogen) atoms. The standard InChI is InChI=1S/C14H15N3O2.ClH.H2O/c18-14(19)11-7-10-1-2-12(8-13(10)16-9-11)17-5-3-15-4-6-17;;/h1-2,7-9,15H,3-6H2,(H,18,19);1H;1H2. The number of aromatic carboxylic acids is 1. The summed E-state index contributed by atoms with van der Waals surface area (Å²) in [5, 5.41) is 13.1. The number of carbonyl (C=O) groups is 1. The second-order valence-electron chi connectivity index (χ2n) is 4.64. The van der Waals surface area contributed by atoms with Crippen LogP contribution < -0.4 is 10.2 Å². The Bertz CT molecular complexity index is 630. The first-order valence-electron chi connectivity index (χ1n) is 6.33. The lowest BCUT2D eigenvalue weighted by molar-refractivity contribution is 0.0696. The van der Waals surface area contributed by atoms with Crippen molar-refractivity contribution in [1.82, 2.24) is 10.3 Å². The van der Waals surface area contributed by atoms with E-state index in [1.165, 1.54) is 6.20 Å². The Kier molecular flexibility index (Phi) is 5.90. The van der Waals surface area contributed by atoms with Crippen LogP contribution in [0.3, 0.4) is 0 Å². The minimum Gasteiger partial charge on any atom is -0.478 e. The summed E-state index contributed by atoms with van der Waals surface area (Å²) in [5.74, 6) is -0.944. The maximum absolute atomic E-state index is 10.9. The molecule has 1 aromatic heterocycles. The van der Waals surface area contributed by atoms with Gasteiger partial charge in [0, 0.05) is 43.4 Å². The van der Waals surface area contributed by atoms with Gasteiger partial charge in [-0.25, -0.2) is 4.79 Å². The Morgan fingerprint density at radius 3 is 2.62 bits per heavy atom. The topological polar surface area (TPSA) is 97.0 Å². The fourth-order valence-corrected chi connectivity index (χ4v) is 2.35. The van der Waals surface area contributed by atoms with E-state index >= 15 is 0 Å². The van der Waals surface area contributed by atoms with E-state index in [1.807, 2.05) is 18.2 Å². The van der Waals surface area contributed by atoms with Crippen LogP contribution in [-0.4, -0.2) is 47.7 Å². The fraction of sp³-hybridized carbons (Fsp3) is 0.286. The number of benzene rings is 1. The van der Waals surface area contributed by atoms with Gasteiger partial charge in [0.2, 0.25) is 0 Å². The van der Waals surface area contributed by atoms with Gasteiger partial charge in [-0.1, -0.05) is 6.07 Å². The van der Waals surface area contributed by atoms with Crippen LogP contribution in [0.4, 0.5) is 5.69 Å². The lowest BCUT2D eigenvalue weighted by atomic mass is 10.1. The van der Waals surface area contributed by atoms with Gasteiger partial charge in [-0.2, -0.15) is 0 Å². The van der Waals surface area contributed by atoms with Crippen molar-refractivity contribution in [2.75, 3.05) is 31.1 Å². The maximum atomic E-state index is 10.9. The van der Waals surface area contributed by atoms with Gasteiger partial charge >= 0.3 is 5.97 Å². The molecule has 0 saturated carbocycles. The Morgan fingerprint density at radius 1 is 1.24 bits per heavy atom. The molecule has 1 aliphatic rings. The third-order valence-electron chi connectivity index (χ3n) is 3.40. The number of rotatable bonds is 2. The zero-order valence-corrected chi connectivity index (χ0v) is 12.2. The van der Waals surface area contributed by atoms with Crippen LogP contribution in [0, 0.1) is 0 Å². The number of piperazine rings is 1. The summed E-state index contributed by atoms with van der Waals surface area (Å²) in [7, 11) is 0. The number of carboxylic acids is 1. The number of nitrogens with zero attached hydrogens (tertiary/aromatic N) is 2. The highest BCUT2D eigenvalue weighted by atomic mass is 35.5. The lowest BCUT2D eigenvalue weighted by Crippen LogP contribution is -2.43. The molecule has 1 saturated heterocycles. The Labute approximate surface area is 128 Å². The van der Waals surface area contributed by atoms with Crippen LogP contribution in [0.1, 0.15) is 10.4 Å². The minimum atomic E-state index is -0.944. The highest BCUT2D eigenvalue weighted by Gasteiger charge is 2.11. The van der Waals surface area contributed by atoms with Crippen LogP contribution in [0.15, 0.2) is 30.5 Å². The quantitative estimate of drug-likeness (QED) is 0.860. The van der Waals surface area contributed by atoms with Gasteiger partial charge < -0.3 is 20.8 Å². The van der Waals surface area contributed by atoms with Gasteiger partial charge in [0.05, 0.1) is 11.1 Å². The molecule has 0 atom stereocenters.